The van der Waals surface area contributed by atoms with Crippen LogP contribution in [0.1, 0.15) is 25.2 Å². The van der Waals surface area contributed by atoms with Gasteiger partial charge in [-0.15, -0.1) is 0 Å². The molecule has 9 heteroatoms. The second-order valence-electron chi connectivity index (χ2n) is 6.27. The molecule has 0 saturated heterocycles. The zero-order chi connectivity index (χ0) is 21.1. The molecule has 0 aliphatic carbocycles. The summed E-state index contributed by atoms with van der Waals surface area (Å²) >= 11 is 0. The van der Waals surface area contributed by atoms with Crippen LogP contribution < -0.4 is 20.7 Å². The van der Waals surface area contributed by atoms with E-state index in [2.05, 4.69) is 4.98 Å². The number of halogens is 1. The fourth-order valence-electron chi connectivity index (χ4n) is 3.23. The summed E-state index contributed by atoms with van der Waals surface area (Å²) in [6, 6.07) is 5.07. The maximum Gasteiger partial charge on any atom is 0.332 e. The van der Waals surface area contributed by atoms with E-state index in [1.165, 1.54) is 16.2 Å². The second kappa shape index (κ2) is 8.34. The summed E-state index contributed by atoms with van der Waals surface area (Å²) in [5.41, 5.74) is 0.783. The number of imidazole rings is 1. The minimum Gasteiger partial charge on any atom is -0.493 e. The van der Waals surface area contributed by atoms with Gasteiger partial charge in [-0.1, -0.05) is 12.1 Å². The quantitative estimate of drug-likeness (QED) is 0.606. The highest BCUT2D eigenvalue weighted by atomic mass is 19.1. The molecule has 8 nitrogen and oxygen atoms in total. The highest BCUT2D eigenvalue weighted by molar-refractivity contribution is 5.77. The Morgan fingerprint density at radius 3 is 2.45 bits per heavy atom. The van der Waals surface area contributed by atoms with Crippen LogP contribution in [0.4, 0.5) is 4.39 Å². The topological polar surface area (TPSA) is 80.3 Å². The average Bonchev–Trinajstić information content (AvgIpc) is 3.04. The number of alkyl halides is 1. The van der Waals surface area contributed by atoms with Crippen molar-refractivity contribution in [1.29, 1.82) is 0 Å². The van der Waals surface area contributed by atoms with E-state index >= 15 is 0 Å². The average molecular weight is 402 g/mol. The standard InChI is InChI=1S/C20H23FN4O4/c1-5-24-18-17(19(26)25(6-2)20(24)27)23(3)16(22-18)10-8-13-7-9-14(29-12-21)15(11-13)28-4/h7-11H,5-6,12H2,1-4H3/b10-8+. The van der Waals surface area contributed by atoms with Crippen LogP contribution in [0.15, 0.2) is 27.8 Å². The van der Waals surface area contributed by atoms with Gasteiger partial charge < -0.3 is 14.0 Å². The molecule has 0 atom stereocenters. The van der Waals surface area contributed by atoms with E-state index < -0.39 is 6.86 Å². The van der Waals surface area contributed by atoms with Gasteiger partial charge in [-0.2, -0.15) is 0 Å². The maximum absolute atomic E-state index is 12.7. The number of nitrogens with zero attached hydrogens (tertiary/aromatic N) is 4. The van der Waals surface area contributed by atoms with Gasteiger partial charge in [0.05, 0.1) is 7.11 Å². The first-order chi connectivity index (χ1) is 14.0. The van der Waals surface area contributed by atoms with E-state index in [1.54, 1.807) is 48.9 Å². The second-order valence-corrected chi connectivity index (χ2v) is 6.27. The summed E-state index contributed by atoms with van der Waals surface area (Å²) in [6.45, 7) is 3.35. The Hall–Kier alpha value is -3.36. The van der Waals surface area contributed by atoms with Crippen molar-refractivity contribution in [1.82, 2.24) is 18.7 Å². The highest BCUT2D eigenvalue weighted by Crippen LogP contribution is 2.28. The van der Waals surface area contributed by atoms with Gasteiger partial charge in [0, 0.05) is 20.1 Å². The molecule has 1 aromatic carbocycles. The molecule has 0 fully saturated rings. The number of aryl methyl sites for hydroxylation is 2. The Morgan fingerprint density at radius 2 is 1.83 bits per heavy atom. The van der Waals surface area contributed by atoms with Crippen molar-refractivity contribution in [3.05, 3.63) is 50.4 Å². The normalized spacial score (nSPS) is 11.5. The van der Waals surface area contributed by atoms with Gasteiger partial charge in [-0.3, -0.25) is 13.9 Å². The Kier molecular flexibility index (Phi) is 5.86. The molecule has 0 unspecified atom stereocenters. The van der Waals surface area contributed by atoms with Crippen molar-refractivity contribution in [2.75, 3.05) is 14.0 Å². The number of rotatable bonds is 7. The first kappa shape index (κ1) is 20.4. The summed E-state index contributed by atoms with van der Waals surface area (Å²) in [4.78, 5) is 29.8. The van der Waals surface area contributed by atoms with Crippen LogP contribution in [0.5, 0.6) is 11.5 Å². The lowest BCUT2D eigenvalue weighted by atomic mass is 10.2. The summed E-state index contributed by atoms with van der Waals surface area (Å²) in [6.07, 6.45) is 3.53. The van der Waals surface area contributed by atoms with Crippen molar-refractivity contribution in [2.24, 2.45) is 7.05 Å². The molecule has 154 valence electrons. The summed E-state index contributed by atoms with van der Waals surface area (Å²) < 4.78 is 26.9. The molecule has 0 aliphatic heterocycles. The third-order valence-electron chi connectivity index (χ3n) is 4.73. The van der Waals surface area contributed by atoms with Crippen LogP contribution in [0.2, 0.25) is 0 Å². The monoisotopic (exact) mass is 402 g/mol. The molecule has 0 aliphatic rings. The van der Waals surface area contributed by atoms with Crippen molar-refractivity contribution >= 4 is 23.3 Å². The zero-order valence-electron chi connectivity index (χ0n) is 16.8. The Morgan fingerprint density at radius 1 is 1.10 bits per heavy atom. The van der Waals surface area contributed by atoms with Crippen molar-refractivity contribution in [2.45, 2.75) is 26.9 Å². The molecule has 2 heterocycles. The molecule has 0 N–H and O–H groups in total. The van der Waals surface area contributed by atoms with Gasteiger partial charge in [-0.05, 0) is 37.6 Å². The van der Waals surface area contributed by atoms with Crippen LogP contribution in [0.3, 0.4) is 0 Å². The van der Waals surface area contributed by atoms with Gasteiger partial charge in [-0.25, -0.2) is 14.2 Å². The minimum absolute atomic E-state index is 0.289. The smallest absolute Gasteiger partial charge is 0.332 e. The van der Waals surface area contributed by atoms with E-state index in [0.29, 0.717) is 35.0 Å². The highest BCUT2D eigenvalue weighted by Gasteiger charge is 2.17. The summed E-state index contributed by atoms with van der Waals surface area (Å²) in [5.74, 6) is 1.23. The predicted octanol–water partition coefficient (Wildman–Crippen LogP) is 2.42. The van der Waals surface area contributed by atoms with E-state index in [9.17, 15) is 14.0 Å². The SMILES string of the molecule is CCn1c(=O)c2c(nc(/C=C/c3ccc(OCF)c(OC)c3)n2C)n(CC)c1=O. The van der Waals surface area contributed by atoms with Crippen LogP contribution in [-0.4, -0.2) is 32.7 Å². The number of ether oxygens (including phenoxy) is 2. The van der Waals surface area contributed by atoms with Crippen LogP contribution in [0.25, 0.3) is 23.3 Å². The van der Waals surface area contributed by atoms with Gasteiger partial charge >= 0.3 is 5.69 Å². The largest absolute Gasteiger partial charge is 0.493 e. The maximum atomic E-state index is 12.7. The van der Waals surface area contributed by atoms with Crippen molar-refractivity contribution < 1.29 is 13.9 Å². The lowest BCUT2D eigenvalue weighted by Gasteiger charge is -2.08. The van der Waals surface area contributed by atoms with E-state index in [4.69, 9.17) is 9.47 Å². The molecule has 3 aromatic rings. The van der Waals surface area contributed by atoms with Crippen LogP contribution in [0, 0.1) is 0 Å². The fraction of sp³-hybridized carbons (Fsp3) is 0.350. The molecule has 0 saturated carbocycles. The number of aromatic nitrogens is 4. The minimum atomic E-state index is -0.945. The fourth-order valence-corrected chi connectivity index (χ4v) is 3.23. The number of hydrogen-bond donors (Lipinski definition) is 0. The van der Waals surface area contributed by atoms with Gasteiger partial charge in [0.1, 0.15) is 5.82 Å². The van der Waals surface area contributed by atoms with Gasteiger partial charge in [0.2, 0.25) is 6.86 Å². The summed E-state index contributed by atoms with van der Waals surface area (Å²) in [7, 11) is 3.21. The third-order valence-corrected chi connectivity index (χ3v) is 4.73. The lowest BCUT2D eigenvalue weighted by molar-refractivity contribution is 0.184. The number of fused-ring (bicyclic) bond motifs is 1. The number of methoxy groups -OCH3 is 1. The Balaban J connectivity index is 2.10. The molecular weight excluding hydrogens is 379 g/mol. The van der Waals surface area contributed by atoms with Crippen LogP contribution >= 0.6 is 0 Å². The molecule has 0 amide bonds. The molecule has 29 heavy (non-hydrogen) atoms. The number of hydrogen-bond acceptors (Lipinski definition) is 5. The number of benzene rings is 1. The molecule has 3 rings (SSSR count). The van der Waals surface area contributed by atoms with E-state index in [-0.39, 0.29) is 17.8 Å². The zero-order valence-corrected chi connectivity index (χ0v) is 16.8. The Bertz CT molecular complexity index is 1190. The van der Waals surface area contributed by atoms with E-state index in [0.717, 1.165) is 5.56 Å². The van der Waals surface area contributed by atoms with E-state index in [1.807, 2.05) is 6.92 Å². The molecule has 0 radical (unpaired) electrons. The predicted molar refractivity (Wildman–Crippen MR) is 109 cm³/mol. The molecule has 0 bridgehead atoms. The van der Waals surface area contributed by atoms with Gasteiger partial charge in [0.25, 0.3) is 5.56 Å². The molecular formula is C20H23FN4O4. The van der Waals surface area contributed by atoms with Crippen molar-refractivity contribution in [3.63, 3.8) is 0 Å². The first-order valence-corrected chi connectivity index (χ1v) is 9.21. The lowest BCUT2D eigenvalue weighted by Crippen LogP contribution is -2.39. The summed E-state index contributed by atoms with van der Waals surface area (Å²) in [5, 5.41) is 0. The molecule has 0 spiro atoms. The van der Waals surface area contributed by atoms with Crippen molar-refractivity contribution in [3.8, 4) is 11.5 Å². The van der Waals surface area contributed by atoms with Crippen LogP contribution in [-0.2, 0) is 20.1 Å². The Labute approximate surface area is 166 Å². The van der Waals surface area contributed by atoms with Gasteiger partial charge in [0.15, 0.2) is 22.7 Å². The first-order valence-electron chi connectivity index (χ1n) is 9.21. The third kappa shape index (κ3) is 3.55. The molecule has 2 aromatic heterocycles.